The number of para-hydroxylation sites is 1. The fraction of sp³-hybridized carbons (Fsp3) is 0.417. The molecule has 1 heterocycles. The van der Waals surface area contributed by atoms with Crippen molar-refractivity contribution >= 4 is 11.7 Å². The zero-order valence-electron chi connectivity index (χ0n) is 9.45. The Bertz CT molecular complexity index is 403. The summed E-state index contributed by atoms with van der Waals surface area (Å²) in [5, 5.41) is 3.17. The van der Waals surface area contributed by atoms with Crippen LogP contribution in [0, 0.1) is 6.92 Å². The molecule has 0 saturated heterocycles. The third kappa shape index (κ3) is 1.96. The first-order chi connectivity index (χ1) is 7.72. The third-order valence-electron chi connectivity index (χ3n) is 2.50. The van der Waals surface area contributed by atoms with E-state index in [1.165, 1.54) is 0 Å². The summed E-state index contributed by atoms with van der Waals surface area (Å²) < 4.78 is 10.6. The van der Waals surface area contributed by atoms with Crippen LogP contribution in [0.15, 0.2) is 18.2 Å². The molecule has 2 rings (SSSR count). The molecule has 1 aromatic carbocycles. The number of benzene rings is 1. The maximum Gasteiger partial charge on any atom is 0.349 e. The van der Waals surface area contributed by atoms with E-state index in [0.717, 1.165) is 17.0 Å². The number of esters is 1. The SMILES string of the molecule is CCOC(=O)C1CNc2cccc(C)c2O1. The lowest BCUT2D eigenvalue weighted by Crippen LogP contribution is -2.39. The number of aryl methyl sites for hydroxylation is 1. The highest BCUT2D eigenvalue weighted by molar-refractivity contribution is 5.78. The molecule has 1 atom stereocenters. The molecule has 1 aliphatic rings. The fourth-order valence-electron chi connectivity index (χ4n) is 1.70. The molecule has 4 nitrogen and oxygen atoms in total. The van der Waals surface area contributed by atoms with Crippen LogP contribution in [0.1, 0.15) is 12.5 Å². The second-order valence-electron chi connectivity index (χ2n) is 3.69. The van der Waals surface area contributed by atoms with Crippen molar-refractivity contribution < 1.29 is 14.3 Å². The van der Waals surface area contributed by atoms with Gasteiger partial charge in [-0.3, -0.25) is 0 Å². The van der Waals surface area contributed by atoms with E-state index in [1.807, 2.05) is 25.1 Å². The van der Waals surface area contributed by atoms with Gasteiger partial charge in [-0.25, -0.2) is 4.79 Å². The van der Waals surface area contributed by atoms with Crippen LogP contribution < -0.4 is 10.1 Å². The molecule has 0 aliphatic carbocycles. The molecule has 1 aromatic rings. The number of hydrogen-bond donors (Lipinski definition) is 1. The van der Waals surface area contributed by atoms with Crippen LogP contribution in [-0.2, 0) is 9.53 Å². The van der Waals surface area contributed by atoms with E-state index in [0.29, 0.717) is 13.2 Å². The number of fused-ring (bicyclic) bond motifs is 1. The zero-order chi connectivity index (χ0) is 11.5. The standard InChI is InChI=1S/C12H15NO3/c1-3-15-12(14)10-7-13-9-6-4-5-8(2)11(9)16-10/h4-6,10,13H,3,7H2,1-2H3. The topological polar surface area (TPSA) is 47.6 Å². The number of anilines is 1. The van der Waals surface area contributed by atoms with Crippen molar-refractivity contribution in [1.29, 1.82) is 0 Å². The fourth-order valence-corrected chi connectivity index (χ4v) is 1.70. The zero-order valence-corrected chi connectivity index (χ0v) is 9.45. The highest BCUT2D eigenvalue weighted by atomic mass is 16.6. The molecule has 0 bridgehead atoms. The first kappa shape index (κ1) is 10.8. The van der Waals surface area contributed by atoms with Gasteiger partial charge in [-0.1, -0.05) is 12.1 Å². The Morgan fingerprint density at radius 2 is 2.44 bits per heavy atom. The normalized spacial score (nSPS) is 18.0. The number of hydrogen-bond acceptors (Lipinski definition) is 4. The number of carbonyl (C=O) groups excluding carboxylic acids is 1. The predicted molar refractivity (Wildman–Crippen MR) is 60.7 cm³/mol. The Hall–Kier alpha value is -1.71. The van der Waals surface area contributed by atoms with Crippen LogP contribution in [0.25, 0.3) is 0 Å². The predicted octanol–water partition coefficient (Wildman–Crippen LogP) is 1.73. The molecule has 1 aliphatic heterocycles. The van der Waals surface area contributed by atoms with Crippen LogP contribution in [0.2, 0.25) is 0 Å². The molecule has 4 heteroatoms. The van der Waals surface area contributed by atoms with Crippen molar-refractivity contribution in [3.63, 3.8) is 0 Å². The molecule has 1 N–H and O–H groups in total. The summed E-state index contributed by atoms with van der Waals surface area (Å²) in [6, 6.07) is 5.84. The Labute approximate surface area is 94.6 Å². The van der Waals surface area contributed by atoms with Gasteiger partial charge in [-0.05, 0) is 25.5 Å². The summed E-state index contributed by atoms with van der Waals surface area (Å²) in [5.41, 5.74) is 1.94. The Morgan fingerprint density at radius 1 is 1.62 bits per heavy atom. The first-order valence-electron chi connectivity index (χ1n) is 5.39. The van der Waals surface area contributed by atoms with Gasteiger partial charge in [0.2, 0.25) is 6.10 Å². The molecule has 1 unspecified atom stereocenters. The van der Waals surface area contributed by atoms with E-state index < -0.39 is 6.10 Å². The summed E-state index contributed by atoms with van der Waals surface area (Å²) in [7, 11) is 0. The van der Waals surface area contributed by atoms with Crippen LogP contribution in [0.3, 0.4) is 0 Å². The minimum absolute atomic E-state index is 0.316. The van der Waals surface area contributed by atoms with E-state index in [-0.39, 0.29) is 5.97 Å². The van der Waals surface area contributed by atoms with Gasteiger partial charge in [0.1, 0.15) is 5.75 Å². The largest absolute Gasteiger partial charge is 0.474 e. The maximum absolute atomic E-state index is 11.5. The minimum Gasteiger partial charge on any atom is -0.474 e. The van der Waals surface area contributed by atoms with Crippen molar-refractivity contribution in [1.82, 2.24) is 0 Å². The molecule has 0 saturated carbocycles. The molecule has 0 amide bonds. The Balaban J connectivity index is 2.17. The van der Waals surface area contributed by atoms with E-state index in [2.05, 4.69) is 5.32 Å². The molecular weight excluding hydrogens is 206 g/mol. The van der Waals surface area contributed by atoms with Crippen molar-refractivity contribution in [3.05, 3.63) is 23.8 Å². The monoisotopic (exact) mass is 221 g/mol. The van der Waals surface area contributed by atoms with Crippen LogP contribution in [0.5, 0.6) is 5.75 Å². The number of carbonyl (C=O) groups is 1. The number of nitrogens with one attached hydrogen (secondary N) is 1. The van der Waals surface area contributed by atoms with Gasteiger partial charge in [0.15, 0.2) is 0 Å². The van der Waals surface area contributed by atoms with E-state index >= 15 is 0 Å². The summed E-state index contributed by atoms with van der Waals surface area (Å²) >= 11 is 0. The van der Waals surface area contributed by atoms with Gasteiger partial charge >= 0.3 is 5.97 Å². The molecule has 0 spiro atoms. The maximum atomic E-state index is 11.5. The van der Waals surface area contributed by atoms with Gasteiger partial charge in [-0.2, -0.15) is 0 Å². The van der Waals surface area contributed by atoms with E-state index in [1.54, 1.807) is 6.92 Å². The number of rotatable bonds is 2. The van der Waals surface area contributed by atoms with Crippen LogP contribution in [-0.4, -0.2) is 25.2 Å². The first-order valence-corrected chi connectivity index (χ1v) is 5.39. The summed E-state index contributed by atoms with van der Waals surface area (Å²) in [5.74, 6) is 0.427. The molecule has 0 aromatic heterocycles. The second-order valence-corrected chi connectivity index (χ2v) is 3.69. The second kappa shape index (κ2) is 4.43. The van der Waals surface area contributed by atoms with Crippen molar-refractivity contribution in [2.24, 2.45) is 0 Å². The van der Waals surface area contributed by atoms with Gasteiger partial charge in [0, 0.05) is 0 Å². The van der Waals surface area contributed by atoms with Crippen molar-refractivity contribution in [2.45, 2.75) is 20.0 Å². The summed E-state index contributed by atoms with van der Waals surface area (Å²) in [6.45, 7) is 4.57. The van der Waals surface area contributed by atoms with Gasteiger partial charge < -0.3 is 14.8 Å². The smallest absolute Gasteiger partial charge is 0.349 e. The van der Waals surface area contributed by atoms with E-state index in [9.17, 15) is 4.79 Å². The lowest BCUT2D eigenvalue weighted by atomic mass is 10.1. The molecule has 86 valence electrons. The lowest BCUT2D eigenvalue weighted by Gasteiger charge is -2.26. The van der Waals surface area contributed by atoms with Gasteiger partial charge in [-0.15, -0.1) is 0 Å². The van der Waals surface area contributed by atoms with Crippen LogP contribution >= 0.6 is 0 Å². The van der Waals surface area contributed by atoms with Gasteiger partial charge in [0.05, 0.1) is 18.8 Å². The van der Waals surface area contributed by atoms with Crippen LogP contribution in [0.4, 0.5) is 5.69 Å². The lowest BCUT2D eigenvalue weighted by molar-refractivity contribution is -0.150. The van der Waals surface area contributed by atoms with Gasteiger partial charge in [0.25, 0.3) is 0 Å². The third-order valence-corrected chi connectivity index (χ3v) is 2.50. The Kier molecular flexibility index (Phi) is 2.99. The summed E-state index contributed by atoms with van der Waals surface area (Å²) in [4.78, 5) is 11.5. The minimum atomic E-state index is -0.548. The Morgan fingerprint density at radius 3 is 3.19 bits per heavy atom. The highest BCUT2D eigenvalue weighted by Crippen LogP contribution is 2.32. The highest BCUT2D eigenvalue weighted by Gasteiger charge is 2.27. The van der Waals surface area contributed by atoms with Crippen molar-refractivity contribution in [3.8, 4) is 5.75 Å². The molecule has 0 fully saturated rings. The number of ether oxygens (including phenoxy) is 2. The average Bonchev–Trinajstić information content (AvgIpc) is 2.29. The average molecular weight is 221 g/mol. The molecular formula is C12H15NO3. The molecule has 16 heavy (non-hydrogen) atoms. The molecule has 0 radical (unpaired) electrons. The van der Waals surface area contributed by atoms with E-state index in [4.69, 9.17) is 9.47 Å². The summed E-state index contributed by atoms with van der Waals surface area (Å²) in [6.07, 6.45) is -0.548. The quantitative estimate of drug-likeness (QED) is 0.773. The van der Waals surface area contributed by atoms with Crippen molar-refractivity contribution in [2.75, 3.05) is 18.5 Å².